The van der Waals surface area contributed by atoms with Gasteiger partial charge in [0.1, 0.15) is 11.2 Å². The van der Waals surface area contributed by atoms with Gasteiger partial charge in [0.2, 0.25) is 0 Å². The quantitative estimate of drug-likeness (QED) is 0.168. The molecule has 4 heteroatoms. The second-order valence-electron chi connectivity index (χ2n) is 15.8. The summed E-state index contributed by atoms with van der Waals surface area (Å²) in [6.45, 7) is 12.0. The predicted octanol–water partition coefficient (Wildman–Crippen LogP) is 13.0. The first-order valence-corrected chi connectivity index (χ1v) is 21.8. The molecule has 1 aliphatic rings. The monoisotopic (exact) mass is 688 g/mol. The molecule has 52 heavy (non-hydrogen) atoms. The van der Waals surface area contributed by atoms with E-state index in [1.807, 2.05) is 0 Å². The van der Waals surface area contributed by atoms with Gasteiger partial charge in [-0.15, -0.1) is 0 Å². The number of hydrogen-bond donors (Lipinski definition) is 0. The smallest absolute Gasteiger partial charge is 0.145 e. The molecule has 2 aromatic heterocycles. The van der Waals surface area contributed by atoms with Crippen LogP contribution in [0.15, 0.2) is 156 Å². The molecule has 0 radical (unpaired) electrons. The van der Waals surface area contributed by atoms with Gasteiger partial charge < -0.3 is 13.9 Å². The SMILES string of the molecule is CC1(C)c2ccccc2-c2c1cc(N(c1ccc([Si](C)(C)C)cc1)c1cccc3c4ccccc4n(-c4ccccc4)c13)c1c2oc2ccccc21. The number of hydrogen-bond acceptors (Lipinski definition) is 2. The van der Waals surface area contributed by atoms with Crippen molar-refractivity contribution in [3.8, 4) is 16.8 Å². The molecule has 0 atom stereocenters. The van der Waals surface area contributed by atoms with Crippen LogP contribution in [-0.4, -0.2) is 12.6 Å². The number of furan rings is 1. The summed E-state index contributed by atoms with van der Waals surface area (Å²) < 4.78 is 9.42. The molecule has 0 amide bonds. The molecule has 7 aromatic carbocycles. The minimum Gasteiger partial charge on any atom is -0.455 e. The molecule has 10 rings (SSSR count). The second kappa shape index (κ2) is 11.1. The van der Waals surface area contributed by atoms with Crippen LogP contribution in [0.4, 0.5) is 17.1 Å². The molecule has 0 N–H and O–H groups in total. The second-order valence-corrected chi connectivity index (χ2v) is 20.9. The molecule has 1 aliphatic carbocycles. The normalized spacial score (nSPS) is 13.6. The molecular formula is C48H40N2OSi. The Morgan fingerprint density at radius 2 is 1.27 bits per heavy atom. The summed E-state index contributed by atoms with van der Waals surface area (Å²) in [4.78, 5) is 2.51. The van der Waals surface area contributed by atoms with Crippen LogP contribution in [0, 0.1) is 0 Å². The third kappa shape index (κ3) is 4.37. The average Bonchev–Trinajstić information content (AvgIpc) is 3.79. The van der Waals surface area contributed by atoms with Crippen LogP contribution in [0.2, 0.25) is 19.6 Å². The lowest BCUT2D eigenvalue weighted by Gasteiger charge is -2.30. The van der Waals surface area contributed by atoms with Crippen LogP contribution >= 0.6 is 0 Å². The highest BCUT2D eigenvalue weighted by atomic mass is 28.3. The van der Waals surface area contributed by atoms with E-state index in [0.29, 0.717) is 0 Å². The van der Waals surface area contributed by atoms with Gasteiger partial charge in [-0.1, -0.05) is 142 Å². The van der Waals surface area contributed by atoms with Gasteiger partial charge in [0.15, 0.2) is 0 Å². The maximum atomic E-state index is 6.97. The Morgan fingerprint density at radius 3 is 2.06 bits per heavy atom. The van der Waals surface area contributed by atoms with Crippen molar-refractivity contribution in [2.75, 3.05) is 4.90 Å². The molecule has 2 heterocycles. The highest BCUT2D eigenvalue weighted by Gasteiger charge is 2.39. The van der Waals surface area contributed by atoms with Crippen molar-refractivity contribution in [1.82, 2.24) is 4.57 Å². The zero-order valence-corrected chi connectivity index (χ0v) is 31.2. The highest BCUT2D eigenvalue weighted by Crippen LogP contribution is 2.56. The molecule has 3 nitrogen and oxygen atoms in total. The van der Waals surface area contributed by atoms with Crippen molar-refractivity contribution >= 4 is 74.1 Å². The lowest BCUT2D eigenvalue weighted by atomic mass is 9.82. The summed E-state index contributed by atoms with van der Waals surface area (Å²) in [6, 6.07) is 55.7. The molecule has 0 fully saturated rings. The summed E-state index contributed by atoms with van der Waals surface area (Å²) >= 11 is 0. The summed E-state index contributed by atoms with van der Waals surface area (Å²) in [6.07, 6.45) is 0. The number of para-hydroxylation sites is 4. The maximum Gasteiger partial charge on any atom is 0.145 e. The number of fused-ring (bicyclic) bond motifs is 10. The Kier molecular flexibility index (Phi) is 6.59. The van der Waals surface area contributed by atoms with Crippen molar-refractivity contribution in [3.63, 3.8) is 0 Å². The van der Waals surface area contributed by atoms with E-state index >= 15 is 0 Å². The van der Waals surface area contributed by atoms with Crippen LogP contribution in [0.5, 0.6) is 0 Å². The summed E-state index contributed by atoms with van der Waals surface area (Å²) in [5.41, 5.74) is 13.6. The van der Waals surface area contributed by atoms with Crippen LogP contribution in [0.25, 0.3) is 60.6 Å². The highest BCUT2D eigenvalue weighted by molar-refractivity contribution is 6.88. The number of aromatic nitrogens is 1. The van der Waals surface area contributed by atoms with Crippen LogP contribution < -0.4 is 10.1 Å². The number of nitrogens with zero attached hydrogens (tertiary/aromatic N) is 2. The van der Waals surface area contributed by atoms with Gasteiger partial charge in [-0.3, -0.25) is 0 Å². The first-order valence-electron chi connectivity index (χ1n) is 18.3. The van der Waals surface area contributed by atoms with Crippen molar-refractivity contribution in [3.05, 3.63) is 163 Å². The van der Waals surface area contributed by atoms with Crippen LogP contribution in [-0.2, 0) is 5.41 Å². The first-order chi connectivity index (χ1) is 25.2. The predicted molar refractivity (Wildman–Crippen MR) is 223 cm³/mol. The van der Waals surface area contributed by atoms with E-state index < -0.39 is 8.07 Å². The van der Waals surface area contributed by atoms with Gasteiger partial charge in [-0.25, -0.2) is 0 Å². The van der Waals surface area contributed by atoms with Crippen molar-refractivity contribution in [2.45, 2.75) is 38.9 Å². The zero-order chi connectivity index (χ0) is 35.4. The fourth-order valence-corrected chi connectivity index (χ4v) is 9.92. The molecule has 0 spiro atoms. The molecule has 0 aliphatic heterocycles. The fourth-order valence-electron chi connectivity index (χ4n) is 8.75. The lowest BCUT2D eigenvalue weighted by molar-refractivity contribution is 0.653. The minimum atomic E-state index is -1.54. The summed E-state index contributed by atoms with van der Waals surface area (Å²) in [5, 5.41) is 6.16. The van der Waals surface area contributed by atoms with Gasteiger partial charge in [0, 0.05) is 38.5 Å². The molecule has 0 saturated heterocycles. The number of rotatable bonds is 5. The Bertz CT molecular complexity index is 2850. The largest absolute Gasteiger partial charge is 0.455 e. The van der Waals surface area contributed by atoms with E-state index in [1.54, 1.807) is 0 Å². The van der Waals surface area contributed by atoms with E-state index in [4.69, 9.17) is 4.42 Å². The topological polar surface area (TPSA) is 21.3 Å². The molecule has 0 unspecified atom stereocenters. The summed E-state index contributed by atoms with van der Waals surface area (Å²) in [5.74, 6) is 0. The number of anilines is 3. The van der Waals surface area contributed by atoms with Gasteiger partial charge >= 0.3 is 0 Å². The molecule has 252 valence electrons. The van der Waals surface area contributed by atoms with E-state index in [2.05, 4.69) is 195 Å². The summed E-state index contributed by atoms with van der Waals surface area (Å²) in [7, 11) is -1.54. The van der Waals surface area contributed by atoms with Crippen molar-refractivity contribution in [2.24, 2.45) is 0 Å². The molecule has 0 bridgehead atoms. The Balaban J connectivity index is 1.38. The Labute approximate surface area is 305 Å². The van der Waals surface area contributed by atoms with Crippen LogP contribution in [0.3, 0.4) is 0 Å². The van der Waals surface area contributed by atoms with Gasteiger partial charge in [0.25, 0.3) is 0 Å². The van der Waals surface area contributed by atoms with Crippen LogP contribution in [0.1, 0.15) is 25.0 Å². The Hall–Kier alpha value is -5.84. The zero-order valence-electron chi connectivity index (χ0n) is 30.2. The van der Waals surface area contributed by atoms with Gasteiger partial charge in [-0.2, -0.15) is 0 Å². The number of benzene rings is 7. The van der Waals surface area contributed by atoms with E-state index in [1.165, 1.54) is 49.2 Å². The van der Waals surface area contributed by atoms with E-state index in [9.17, 15) is 0 Å². The fraction of sp³-hybridized carbons (Fsp3) is 0.125. The third-order valence-electron chi connectivity index (χ3n) is 11.3. The standard InChI is InChI=1S/C48H40N2OSi/c1-48(2)38-22-12-9-19-36(38)44-39(48)30-42(45-37-20-11-14-25-43(37)51-47(44)45)49(32-26-28-33(29-27-32)52(3,4)5)41-24-15-21-35-34-18-10-13-23-40(34)50(46(35)41)31-16-7-6-8-17-31/h6-30H,1-5H3. The van der Waals surface area contributed by atoms with Crippen molar-refractivity contribution < 1.29 is 4.42 Å². The first kappa shape index (κ1) is 30.9. The van der Waals surface area contributed by atoms with Gasteiger partial charge in [0.05, 0.1) is 35.9 Å². The van der Waals surface area contributed by atoms with Gasteiger partial charge in [-0.05, 0) is 65.2 Å². The minimum absolute atomic E-state index is 0.216. The van der Waals surface area contributed by atoms with E-state index in [0.717, 1.165) is 44.7 Å². The maximum absolute atomic E-state index is 6.97. The lowest BCUT2D eigenvalue weighted by Crippen LogP contribution is -2.37. The molecule has 9 aromatic rings. The van der Waals surface area contributed by atoms with Crippen molar-refractivity contribution in [1.29, 1.82) is 0 Å². The Morgan fingerprint density at radius 1 is 0.596 bits per heavy atom. The molecular weight excluding hydrogens is 649 g/mol. The third-order valence-corrected chi connectivity index (χ3v) is 13.4. The molecule has 0 saturated carbocycles. The van der Waals surface area contributed by atoms with E-state index in [-0.39, 0.29) is 5.41 Å². The average molecular weight is 689 g/mol.